The lowest BCUT2D eigenvalue weighted by atomic mass is 9.76. The number of likely N-dealkylation sites (tertiary alicyclic amines) is 2. The molecule has 0 saturated carbocycles. The molecule has 2 aliphatic rings. The average molecular weight is 665 g/mol. The van der Waals surface area contributed by atoms with Gasteiger partial charge in [0.1, 0.15) is 12.5 Å². The number of piperidine rings is 2. The number of benzene rings is 2. The van der Waals surface area contributed by atoms with Crippen molar-refractivity contribution < 1.29 is 28.0 Å². The van der Waals surface area contributed by atoms with Crippen molar-refractivity contribution >= 4 is 23.4 Å². The van der Waals surface area contributed by atoms with Gasteiger partial charge in [0.15, 0.2) is 0 Å². The van der Waals surface area contributed by atoms with Gasteiger partial charge in [-0.3, -0.25) is 19.2 Å². The van der Waals surface area contributed by atoms with E-state index in [0.29, 0.717) is 76.2 Å². The minimum Gasteiger partial charge on any atom is -0.442 e. The molecule has 4 heterocycles. The van der Waals surface area contributed by atoms with Gasteiger partial charge >= 0.3 is 0 Å². The summed E-state index contributed by atoms with van der Waals surface area (Å²) in [6.45, 7) is 2.54. The number of aromatic nitrogens is 2. The summed E-state index contributed by atoms with van der Waals surface area (Å²) < 4.78 is 10.9. The molecule has 0 bridgehead atoms. The van der Waals surface area contributed by atoms with Gasteiger partial charge in [0, 0.05) is 43.6 Å². The summed E-state index contributed by atoms with van der Waals surface area (Å²) in [6, 6.07) is 19.1. The summed E-state index contributed by atoms with van der Waals surface area (Å²) in [5.74, 6) is -0.324. The molecule has 6 rings (SSSR count). The zero-order valence-electron chi connectivity index (χ0n) is 27.8. The molecule has 49 heavy (non-hydrogen) atoms. The van der Waals surface area contributed by atoms with E-state index in [9.17, 15) is 19.2 Å². The van der Waals surface area contributed by atoms with Gasteiger partial charge in [0.2, 0.25) is 17.5 Å². The zero-order valence-corrected chi connectivity index (χ0v) is 27.8. The number of hydrogen-bond donors (Lipinski definition) is 0. The van der Waals surface area contributed by atoms with Crippen LogP contribution in [0, 0.1) is 23.7 Å². The van der Waals surface area contributed by atoms with Crippen molar-refractivity contribution in [3.8, 4) is 0 Å². The molecular weight excluding hydrogens is 620 g/mol. The molecule has 2 saturated heterocycles. The Hall–Kier alpha value is -4.86. The van der Waals surface area contributed by atoms with Crippen LogP contribution in [0.1, 0.15) is 88.7 Å². The van der Waals surface area contributed by atoms with Gasteiger partial charge in [-0.25, -0.2) is 9.97 Å². The first-order chi connectivity index (χ1) is 24.0. The first-order valence-corrected chi connectivity index (χ1v) is 17.5. The van der Waals surface area contributed by atoms with Crippen LogP contribution in [-0.4, -0.2) is 69.3 Å². The van der Waals surface area contributed by atoms with E-state index in [1.807, 2.05) is 70.5 Å². The third-order valence-electron chi connectivity index (χ3n) is 10.3. The second-order valence-electron chi connectivity index (χ2n) is 13.3. The molecular formula is C39H44N4O6. The summed E-state index contributed by atoms with van der Waals surface area (Å²) in [5, 5.41) is 0. The summed E-state index contributed by atoms with van der Waals surface area (Å²) >= 11 is 0. The third-order valence-corrected chi connectivity index (χ3v) is 10.3. The maximum atomic E-state index is 13.8. The van der Waals surface area contributed by atoms with E-state index in [1.54, 1.807) is 0 Å². The van der Waals surface area contributed by atoms with Gasteiger partial charge < -0.3 is 18.6 Å². The molecule has 2 fully saturated rings. The molecule has 2 unspecified atom stereocenters. The normalized spacial score (nSPS) is 17.1. The van der Waals surface area contributed by atoms with E-state index in [0.717, 1.165) is 24.8 Å². The molecule has 4 aromatic rings. The fourth-order valence-corrected chi connectivity index (χ4v) is 7.45. The van der Waals surface area contributed by atoms with E-state index in [1.165, 1.54) is 24.9 Å². The first kappa shape index (κ1) is 34.0. The predicted molar refractivity (Wildman–Crippen MR) is 182 cm³/mol. The highest BCUT2D eigenvalue weighted by molar-refractivity contribution is 5.95. The first-order valence-electron chi connectivity index (χ1n) is 17.5. The number of hydrogen-bond acceptors (Lipinski definition) is 8. The Morgan fingerprint density at radius 2 is 1.29 bits per heavy atom. The summed E-state index contributed by atoms with van der Waals surface area (Å²) in [6.07, 6.45) is 11.8. The molecule has 10 heteroatoms. The van der Waals surface area contributed by atoms with Crippen molar-refractivity contribution in [1.82, 2.24) is 19.8 Å². The van der Waals surface area contributed by atoms with Crippen LogP contribution in [0.5, 0.6) is 0 Å². The fraction of sp³-hybridized carbons (Fsp3) is 0.436. The molecule has 2 aromatic heterocycles. The van der Waals surface area contributed by atoms with Crippen molar-refractivity contribution in [2.45, 2.75) is 57.8 Å². The molecule has 10 nitrogen and oxygen atoms in total. The second kappa shape index (κ2) is 16.5. The highest BCUT2D eigenvalue weighted by Crippen LogP contribution is 2.35. The van der Waals surface area contributed by atoms with E-state index in [2.05, 4.69) is 9.97 Å². The van der Waals surface area contributed by atoms with Crippen LogP contribution in [0.2, 0.25) is 0 Å². The fourth-order valence-electron chi connectivity index (χ4n) is 7.45. The van der Waals surface area contributed by atoms with E-state index in [-0.39, 0.29) is 47.0 Å². The van der Waals surface area contributed by atoms with Crippen LogP contribution in [0.15, 0.2) is 94.4 Å². The molecule has 0 N–H and O–H groups in total. The van der Waals surface area contributed by atoms with Crippen molar-refractivity contribution in [2.24, 2.45) is 23.7 Å². The molecule has 2 atom stereocenters. The van der Waals surface area contributed by atoms with Gasteiger partial charge in [-0.2, -0.15) is 0 Å². The molecule has 2 amide bonds. The van der Waals surface area contributed by atoms with Crippen LogP contribution in [0.3, 0.4) is 0 Å². The Balaban J connectivity index is 1.08. The minimum absolute atomic E-state index is 0.00219. The predicted octanol–water partition coefficient (Wildman–Crippen LogP) is 6.55. The highest BCUT2D eigenvalue weighted by Gasteiger charge is 2.36. The van der Waals surface area contributed by atoms with E-state index < -0.39 is 5.92 Å². The Labute approximate surface area is 286 Å². The number of Topliss-reactive ketones (excluding diaryl/α,β-unsaturated/α-hetero) is 2. The van der Waals surface area contributed by atoms with Crippen LogP contribution < -0.4 is 0 Å². The van der Waals surface area contributed by atoms with Gasteiger partial charge in [0.05, 0.1) is 18.8 Å². The third kappa shape index (κ3) is 8.79. The number of oxazole rings is 2. The quantitative estimate of drug-likeness (QED) is 0.139. The van der Waals surface area contributed by atoms with Crippen LogP contribution in [0.4, 0.5) is 0 Å². The lowest BCUT2D eigenvalue weighted by Gasteiger charge is -2.36. The lowest BCUT2D eigenvalue weighted by Crippen LogP contribution is -2.41. The molecule has 256 valence electrons. The maximum Gasteiger partial charge on any atom is 0.263 e. The van der Waals surface area contributed by atoms with Gasteiger partial charge in [-0.05, 0) is 80.9 Å². The minimum atomic E-state index is -0.397. The summed E-state index contributed by atoms with van der Waals surface area (Å²) in [5.41, 5.74) is 1.68. The summed E-state index contributed by atoms with van der Waals surface area (Å²) in [7, 11) is 0. The standard InChI is InChI=1S/C39H44N4O6/c44-34(27-29-7-3-1-4-8-29)42-21-15-28(16-22-42)11-12-31(35(45)37-40-19-25-48-37)13-14-33(36(46)38-41-20-26-49-38)30-17-23-43(24-18-30)39(47)32-9-5-2-6-10-32/h1-10,19-20,25-26,28,30-31,33H,11-18,21-24,27H2. The highest BCUT2D eigenvalue weighted by atomic mass is 16.4. The lowest BCUT2D eigenvalue weighted by molar-refractivity contribution is -0.131. The number of rotatable bonds is 14. The number of carbonyl (C=O) groups is 4. The van der Waals surface area contributed by atoms with Gasteiger partial charge in [-0.15, -0.1) is 0 Å². The van der Waals surface area contributed by atoms with Crippen molar-refractivity contribution in [2.75, 3.05) is 26.2 Å². The second-order valence-corrected chi connectivity index (χ2v) is 13.3. The van der Waals surface area contributed by atoms with Gasteiger partial charge in [-0.1, -0.05) is 48.5 Å². The van der Waals surface area contributed by atoms with E-state index in [4.69, 9.17) is 8.83 Å². The van der Waals surface area contributed by atoms with E-state index >= 15 is 0 Å². The van der Waals surface area contributed by atoms with Crippen molar-refractivity contribution in [3.05, 3.63) is 108 Å². The van der Waals surface area contributed by atoms with Crippen LogP contribution in [0.25, 0.3) is 0 Å². The largest absolute Gasteiger partial charge is 0.442 e. The SMILES string of the molecule is O=C(c1ncco1)C(CCC1CCN(C(=O)Cc2ccccc2)CC1)CCC(C(=O)c1ncco1)C1CCN(C(=O)c2ccccc2)CC1. The molecule has 2 aliphatic heterocycles. The van der Waals surface area contributed by atoms with Crippen molar-refractivity contribution in [1.29, 1.82) is 0 Å². The molecule has 2 aromatic carbocycles. The number of ketones is 2. The van der Waals surface area contributed by atoms with Crippen LogP contribution in [-0.2, 0) is 11.2 Å². The van der Waals surface area contributed by atoms with Crippen LogP contribution >= 0.6 is 0 Å². The monoisotopic (exact) mass is 664 g/mol. The molecule has 0 aliphatic carbocycles. The topological polar surface area (TPSA) is 127 Å². The van der Waals surface area contributed by atoms with Crippen molar-refractivity contribution in [3.63, 3.8) is 0 Å². The van der Waals surface area contributed by atoms with Gasteiger partial charge in [0.25, 0.3) is 17.7 Å². The number of nitrogens with zero attached hydrogens (tertiary/aromatic N) is 4. The summed E-state index contributed by atoms with van der Waals surface area (Å²) in [4.78, 5) is 65.5. The zero-order chi connectivity index (χ0) is 34.0. The Morgan fingerprint density at radius 1 is 0.694 bits per heavy atom. The molecule has 0 radical (unpaired) electrons. The Morgan fingerprint density at radius 3 is 1.90 bits per heavy atom. The Kier molecular flexibility index (Phi) is 11.5. The maximum absolute atomic E-state index is 13.8. The average Bonchev–Trinajstić information content (AvgIpc) is 3.90. The number of amides is 2. The molecule has 0 spiro atoms. The smallest absolute Gasteiger partial charge is 0.263 e. The Bertz CT molecular complexity index is 1640. The number of carbonyl (C=O) groups excluding carboxylic acids is 4.